The van der Waals surface area contributed by atoms with E-state index < -0.39 is 28.4 Å². The number of aryl methyl sites for hydroxylation is 1. The number of nitro benzene ring substituents is 1. The number of carboxylic acid groups (broad SMARTS) is 1. The lowest BCUT2D eigenvalue weighted by Crippen LogP contribution is -2.42. The largest absolute Gasteiger partial charge is 0.480 e. The summed E-state index contributed by atoms with van der Waals surface area (Å²) in [6.45, 7) is 7.24. The van der Waals surface area contributed by atoms with Gasteiger partial charge in [0.2, 0.25) is 0 Å². The molecule has 0 spiro atoms. The fourth-order valence-corrected chi connectivity index (χ4v) is 1.93. The number of amides is 1. The summed E-state index contributed by atoms with van der Waals surface area (Å²) in [5.74, 6) is -1.87. The van der Waals surface area contributed by atoms with Crippen molar-refractivity contribution in [1.82, 2.24) is 5.32 Å². The second-order valence-electron chi connectivity index (χ2n) is 6.37. The van der Waals surface area contributed by atoms with Crippen LogP contribution in [0.4, 0.5) is 5.69 Å². The SMILES string of the molecule is Cc1ccc(C(=O)NC(CCOC(C)(C)C)C(=O)O)cc1[N+](=O)[O-]. The van der Waals surface area contributed by atoms with Crippen molar-refractivity contribution in [3.63, 3.8) is 0 Å². The Morgan fingerprint density at radius 2 is 2.00 bits per heavy atom. The Bertz CT molecular complexity index is 636. The molecule has 132 valence electrons. The number of carbonyl (C=O) groups is 2. The van der Waals surface area contributed by atoms with Crippen LogP contribution in [0.5, 0.6) is 0 Å². The van der Waals surface area contributed by atoms with E-state index in [4.69, 9.17) is 4.74 Å². The van der Waals surface area contributed by atoms with Crippen molar-refractivity contribution in [3.05, 3.63) is 39.4 Å². The van der Waals surface area contributed by atoms with E-state index in [1.54, 1.807) is 6.92 Å². The second-order valence-corrected chi connectivity index (χ2v) is 6.37. The molecule has 1 atom stereocenters. The molecule has 0 aromatic heterocycles. The average Bonchev–Trinajstić information content (AvgIpc) is 2.44. The van der Waals surface area contributed by atoms with Crippen molar-refractivity contribution in [3.8, 4) is 0 Å². The lowest BCUT2D eigenvalue weighted by atomic mass is 10.1. The van der Waals surface area contributed by atoms with Gasteiger partial charge in [0.05, 0.1) is 10.5 Å². The average molecular weight is 338 g/mol. The maximum absolute atomic E-state index is 12.2. The molecule has 0 bridgehead atoms. The number of benzene rings is 1. The first-order valence-corrected chi connectivity index (χ1v) is 7.44. The monoisotopic (exact) mass is 338 g/mol. The summed E-state index contributed by atoms with van der Waals surface area (Å²) in [5.41, 5.74) is -0.143. The topological polar surface area (TPSA) is 119 Å². The molecule has 0 fully saturated rings. The number of hydrogen-bond donors (Lipinski definition) is 2. The van der Waals surface area contributed by atoms with Crippen LogP contribution in [-0.2, 0) is 9.53 Å². The quantitative estimate of drug-likeness (QED) is 0.581. The Labute approximate surface area is 140 Å². The number of nitrogens with zero attached hydrogens (tertiary/aromatic N) is 1. The van der Waals surface area contributed by atoms with Gasteiger partial charge in [-0.2, -0.15) is 0 Å². The molecule has 1 amide bonds. The van der Waals surface area contributed by atoms with Gasteiger partial charge >= 0.3 is 5.97 Å². The molecule has 1 unspecified atom stereocenters. The molecule has 0 aliphatic carbocycles. The summed E-state index contributed by atoms with van der Waals surface area (Å²) in [6, 6.07) is 2.86. The maximum Gasteiger partial charge on any atom is 0.326 e. The number of aliphatic carboxylic acids is 1. The van der Waals surface area contributed by atoms with Crippen LogP contribution >= 0.6 is 0 Å². The highest BCUT2D eigenvalue weighted by Crippen LogP contribution is 2.19. The molecular formula is C16H22N2O6. The van der Waals surface area contributed by atoms with E-state index in [0.717, 1.165) is 6.07 Å². The van der Waals surface area contributed by atoms with Crippen molar-refractivity contribution in [2.24, 2.45) is 0 Å². The number of ether oxygens (including phenoxy) is 1. The maximum atomic E-state index is 12.2. The Morgan fingerprint density at radius 3 is 2.50 bits per heavy atom. The molecule has 0 radical (unpaired) electrons. The molecule has 0 saturated heterocycles. The molecule has 1 aromatic carbocycles. The molecule has 0 heterocycles. The van der Waals surface area contributed by atoms with Crippen LogP contribution in [0.25, 0.3) is 0 Å². The van der Waals surface area contributed by atoms with E-state index >= 15 is 0 Å². The number of hydrogen-bond acceptors (Lipinski definition) is 5. The van der Waals surface area contributed by atoms with Crippen LogP contribution in [0.2, 0.25) is 0 Å². The minimum Gasteiger partial charge on any atom is -0.480 e. The summed E-state index contributed by atoms with van der Waals surface area (Å²) in [4.78, 5) is 33.8. The lowest BCUT2D eigenvalue weighted by molar-refractivity contribution is -0.385. The van der Waals surface area contributed by atoms with Gasteiger partial charge in [-0.1, -0.05) is 6.07 Å². The van der Waals surface area contributed by atoms with Gasteiger partial charge in [-0.15, -0.1) is 0 Å². The normalized spacial score (nSPS) is 12.5. The van der Waals surface area contributed by atoms with Crippen molar-refractivity contribution in [1.29, 1.82) is 0 Å². The van der Waals surface area contributed by atoms with Crippen molar-refractivity contribution < 1.29 is 24.4 Å². The van der Waals surface area contributed by atoms with Gasteiger partial charge in [0.25, 0.3) is 11.6 Å². The minimum atomic E-state index is -1.19. The third-order valence-corrected chi connectivity index (χ3v) is 3.21. The standard InChI is InChI=1S/C16H22N2O6/c1-10-5-6-11(9-13(10)18(22)23)14(19)17-12(15(20)21)7-8-24-16(2,3)4/h5-6,9,12H,7-8H2,1-4H3,(H,17,19)(H,20,21). The van der Waals surface area contributed by atoms with Gasteiger partial charge in [0, 0.05) is 30.2 Å². The van der Waals surface area contributed by atoms with E-state index in [2.05, 4.69) is 5.32 Å². The highest BCUT2D eigenvalue weighted by atomic mass is 16.6. The minimum absolute atomic E-state index is 0.0373. The molecule has 8 heteroatoms. The predicted molar refractivity (Wildman–Crippen MR) is 87.0 cm³/mol. The highest BCUT2D eigenvalue weighted by molar-refractivity contribution is 5.97. The van der Waals surface area contributed by atoms with Crippen LogP contribution in [0.15, 0.2) is 18.2 Å². The van der Waals surface area contributed by atoms with E-state index in [0.29, 0.717) is 5.56 Å². The van der Waals surface area contributed by atoms with Crippen LogP contribution < -0.4 is 5.32 Å². The fourth-order valence-electron chi connectivity index (χ4n) is 1.93. The molecule has 0 aliphatic heterocycles. The molecule has 0 aliphatic rings. The molecule has 24 heavy (non-hydrogen) atoms. The second kappa shape index (κ2) is 7.87. The van der Waals surface area contributed by atoms with Gasteiger partial charge in [0.15, 0.2) is 0 Å². The van der Waals surface area contributed by atoms with Gasteiger partial charge in [-0.05, 0) is 33.8 Å². The van der Waals surface area contributed by atoms with Crippen LogP contribution in [0, 0.1) is 17.0 Å². The lowest BCUT2D eigenvalue weighted by Gasteiger charge is -2.21. The van der Waals surface area contributed by atoms with Crippen molar-refractivity contribution >= 4 is 17.6 Å². The first kappa shape index (κ1) is 19.6. The van der Waals surface area contributed by atoms with Gasteiger partial charge in [-0.3, -0.25) is 14.9 Å². The number of rotatable bonds is 7. The van der Waals surface area contributed by atoms with E-state index in [1.807, 2.05) is 20.8 Å². The third-order valence-electron chi connectivity index (χ3n) is 3.21. The first-order valence-electron chi connectivity index (χ1n) is 7.44. The third kappa shape index (κ3) is 5.96. The summed E-state index contributed by atoms with van der Waals surface area (Å²) in [6.07, 6.45) is 0.0896. The van der Waals surface area contributed by atoms with E-state index in [-0.39, 0.29) is 24.3 Å². The first-order chi connectivity index (χ1) is 11.0. The summed E-state index contributed by atoms with van der Waals surface area (Å²) >= 11 is 0. The Morgan fingerprint density at radius 1 is 1.38 bits per heavy atom. The summed E-state index contributed by atoms with van der Waals surface area (Å²) < 4.78 is 5.46. The van der Waals surface area contributed by atoms with Gasteiger partial charge in [-0.25, -0.2) is 4.79 Å². The van der Waals surface area contributed by atoms with Crippen LogP contribution in [-0.4, -0.2) is 40.2 Å². The fraction of sp³-hybridized carbons (Fsp3) is 0.500. The zero-order valence-corrected chi connectivity index (χ0v) is 14.2. The Kier molecular flexibility index (Phi) is 6.42. The molecular weight excluding hydrogens is 316 g/mol. The van der Waals surface area contributed by atoms with Crippen molar-refractivity contribution in [2.75, 3.05) is 6.61 Å². The molecule has 0 saturated carbocycles. The number of carbonyl (C=O) groups excluding carboxylic acids is 1. The Balaban J connectivity index is 2.80. The number of nitro groups is 1. The molecule has 1 aromatic rings. The number of nitrogens with one attached hydrogen (secondary N) is 1. The molecule has 1 rings (SSSR count). The highest BCUT2D eigenvalue weighted by Gasteiger charge is 2.23. The Hall–Kier alpha value is -2.48. The van der Waals surface area contributed by atoms with Gasteiger partial charge in [0.1, 0.15) is 6.04 Å². The van der Waals surface area contributed by atoms with E-state index in [1.165, 1.54) is 12.1 Å². The van der Waals surface area contributed by atoms with Gasteiger partial charge < -0.3 is 15.2 Å². The predicted octanol–water partition coefficient (Wildman–Crippen LogP) is 2.29. The summed E-state index contributed by atoms with van der Waals surface area (Å²) in [5, 5.41) is 22.5. The summed E-state index contributed by atoms with van der Waals surface area (Å²) in [7, 11) is 0. The van der Waals surface area contributed by atoms with Crippen LogP contribution in [0.1, 0.15) is 43.1 Å². The zero-order chi connectivity index (χ0) is 18.5. The molecule has 2 N–H and O–H groups in total. The van der Waals surface area contributed by atoms with Crippen LogP contribution in [0.3, 0.4) is 0 Å². The zero-order valence-electron chi connectivity index (χ0n) is 14.2. The van der Waals surface area contributed by atoms with Crippen molar-refractivity contribution in [2.45, 2.75) is 45.8 Å². The van der Waals surface area contributed by atoms with E-state index in [9.17, 15) is 24.8 Å². The smallest absolute Gasteiger partial charge is 0.326 e. The number of carboxylic acids is 1. The molecule has 8 nitrogen and oxygen atoms in total.